The molecule has 1 N–H and O–H groups in total. The largest absolute Gasteiger partial charge is 0.748 e. The number of sulfone groups is 1. The highest BCUT2D eigenvalue weighted by Gasteiger charge is 2.51. The summed E-state index contributed by atoms with van der Waals surface area (Å²) in [5.74, 6) is -1.72. The van der Waals surface area contributed by atoms with Crippen molar-refractivity contribution in [1.29, 1.82) is 0 Å². The minimum atomic E-state index is -4.83. The van der Waals surface area contributed by atoms with Crippen molar-refractivity contribution in [3.05, 3.63) is 0 Å². The molecule has 0 bridgehead atoms. The molecule has 0 saturated carbocycles. The Hall–Kier alpha value is -0.710. The Bertz CT molecular complexity index is 671. The van der Waals surface area contributed by atoms with E-state index in [0.29, 0.717) is 11.0 Å². The van der Waals surface area contributed by atoms with Gasteiger partial charge in [0.1, 0.15) is 10.1 Å². The monoisotopic (exact) mass is 384 g/mol. The van der Waals surface area contributed by atoms with Gasteiger partial charge in [0, 0.05) is 0 Å². The van der Waals surface area contributed by atoms with Crippen molar-refractivity contribution in [2.45, 2.75) is 43.9 Å². The molecule has 10 heteroatoms. The van der Waals surface area contributed by atoms with E-state index in [9.17, 15) is 26.2 Å². The number of unbranched alkanes of at least 4 members (excludes halogenated alkanes) is 1. The fraction of sp³-hybridized carbons (Fsp3) is 0.929. The fourth-order valence-corrected chi connectivity index (χ4v) is 7.33. The number of carbonyl (C=O) groups is 1. The molecule has 8 nitrogen and oxygen atoms in total. The van der Waals surface area contributed by atoms with Crippen LogP contribution in [-0.2, 0) is 24.7 Å². The third-order valence-corrected chi connectivity index (χ3v) is 7.95. The van der Waals surface area contributed by atoms with Crippen LogP contribution in [0.1, 0.15) is 33.1 Å². The first-order valence-corrected chi connectivity index (χ1v) is 11.3. The summed E-state index contributed by atoms with van der Waals surface area (Å²) in [5.41, 5.74) is -1.57. The molecular formula is C14H28N2O6S2. The predicted molar refractivity (Wildman–Crippen MR) is 90.1 cm³/mol. The molecule has 1 aliphatic rings. The summed E-state index contributed by atoms with van der Waals surface area (Å²) in [6.07, 6.45) is 2.21. The van der Waals surface area contributed by atoms with Gasteiger partial charge in [-0.05, 0) is 13.3 Å². The van der Waals surface area contributed by atoms with E-state index in [4.69, 9.17) is 0 Å². The highest BCUT2D eigenvalue weighted by molar-refractivity contribution is 7.94. The molecule has 1 amide bonds. The average molecular weight is 385 g/mol. The van der Waals surface area contributed by atoms with Crippen molar-refractivity contribution in [2.24, 2.45) is 0 Å². The smallest absolute Gasteiger partial charge is 0.226 e. The Balaban J connectivity index is 2.77. The lowest BCUT2D eigenvalue weighted by atomic mass is 10.0. The number of nitrogens with one attached hydrogen (secondary N) is 1. The van der Waals surface area contributed by atoms with E-state index in [1.54, 1.807) is 0 Å². The highest BCUT2D eigenvalue weighted by Crippen LogP contribution is 2.29. The zero-order chi connectivity index (χ0) is 18.8. The fourth-order valence-electron chi connectivity index (χ4n) is 3.02. The van der Waals surface area contributed by atoms with Crippen molar-refractivity contribution in [3.63, 3.8) is 0 Å². The van der Waals surface area contributed by atoms with Crippen molar-refractivity contribution < 1.29 is 30.7 Å². The molecule has 0 aromatic heterocycles. The van der Waals surface area contributed by atoms with Gasteiger partial charge in [-0.25, -0.2) is 16.8 Å². The van der Waals surface area contributed by atoms with Crippen molar-refractivity contribution in [3.8, 4) is 0 Å². The van der Waals surface area contributed by atoms with Gasteiger partial charge in [-0.2, -0.15) is 0 Å². The minimum absolute atomic E-state index is 0.137. The number of hydrogen-bond acceptors (Lipinski definition) is 6. The molecule has 1 aliphatic heterocycles. The summed E-state index contributed by atoms with van der Waals surface area (Å²) in [6.45, 7) is 4.85. The van der Waals surface area contributed by atoms with Gasteiger partial charge in [0.05, 0.1) is 55.9 Å². The SMILES string of the molecule is CCCC[N+](C)(C)CCC(=O)N[C@@]1(C)CS(=O)(=O)C[C@@H]1S(=O)(=O)[O-]. The van der Waals surface area contributed by atoms with E-state index >= 15 is 0 Å². The topological polar surface area (TPSA) is 120 Å². The Kier molecular flexibility index (Phi) is 6.46. The molecule has 0 aromatic carbocycles. The zero-order valence-electron chi connectivity index (χ0n) is 14.7. The normalized spacial score (nSPS) is 27.1. The molecule has 1 rings (SSSR count). The second-order valence-electron chi connectivity index (χ2n) is 7.49. The lowest BCUT2D eigenvalue weighted by Crippen LogP contribution is -2.57. The van der Waals surface area contributed by atoms with Crippen LogP contribution in [-0.4, -0.2) is 81.3 Å². The van der Waals surface area contributed by atoms with Crippen LogP contribution >= 0.6 is 0 Å². The van der Waals surface area contributed by atoms with Crippen molar-refractivity contribution >= 4 is 25.9 Å². The number of quaternary nitrogens is 1. The van der Waals surface area contributed by atoms with Crippen LogP contribution < -0.4 is 5.32 Å². The van der Waals surface area contributed by atoms with Gasteiger partial charge in [-0.3, -0.25) is 4.79 Å². The molecule has 1 heterocycles. The second-order valence-corrected chi connectivity index (χ2v) is 11.2. The Morgan fingerprint density at radius 1 is 1.33 bits per heavy atom. The van der Waals surface area contributed by atoms with Crippen molar-refractivity contribution in [2.75, 3.05) is 38.7 Å². The van der Waals surface area contributed by atoms with E-state index < -0.39 is 48.2 Å². The quantitative estimate of drug-likeness (QED) is 0.444. The van der Waals surface area contributed by atoms with Crippen LogP contribution in [0.25, 0.3) is 0 Å². The number of rotatable bonds is 8. The maximum Gasteiger partial charge on any atom is 0.226 e. The van der Waals surface area contributed by atoms with Crippen LogP contribution in [0.15, 0.2) is 0 Å². The summed E-state index contributed by atoms with van der Waals surface area (Å²) in [7, 11) is -4.52. The van der Waals surface area contributed by atoms with E-state index in [1.807, 2.05) is 14.1 Å². The van der Waals surface area contributed by atoms with E-state index in [2.05, 4.69) is 12.2 Å². The predicted octanol–water partition coefficient (Wildman–Crippen LogP) is -0.530. The first kappa shape index (κ1) is 21.3. The molecular weight excluding hydrogens is 356 g/mol. The molecule has 142 valence electrons. The molecule has 0 aromatic rings. The zero-order valence-corrected chi connectivity index (χ0v) is 16.4. The maximum atomic E-state index is 12.2. The van der Waals surface area contributed by atoms with Gasteiger partial charge in [0.25, 0.3) is 0 Å². The molecule has 2 atom stereocenters. The average Bonchev–Trinajstić information content (AvgIpc) is 2.64. The van der Waals surface area contributed by atoms with E-state index in [0.717, 1.165) is 19.4 Å². The first-order valence-electron chi connectivity index (χ1n) is 7.99. The van der Waals surface area contributed by atoms with Crippen LogP contribution in [0.4, 0.5) is 0 Å². The molecule has 0 radical (unpaired) electrons. The van der Waals surface area contributed by atoms with Gasteiger partial charge in [0.15, 0.2) is 9.84 Å². The van der Waals surface area contributed by atoms with Gasteiger partial charge < -0.3 is 14.4 Å². The van der Waals surface area contributed by atoms with Gasteiger partial charge in [-0.1, -0.05) is 13.3 Å². The summed E-state index contributed by atoms with van der Waals surface area (Å²) in [6, 6.07) is 0. The molecule has 1 saturated heterocycles. The highest BCUT2D eigenvalue weighted by atomic mass is 32.2. The van der Waals surface area contributed by atoms with Crippen molar-refractivity contribution in [1.82, 2.24) is 5.32 Å². The number of hydrogen-bond donors (Lipinski definition) is 1. The van der Waals surface area contributed by atoms with Crippen LogP contribution in [0.5, 0.6) is 0 Å². The molecule has 1 fully saturated rings. The molecule has 24 heavy (non-hydrogen) atoms. The van der Waals surface area contributed by atoms with Crippen LogP contribution in [0.3, 0.4) is 0 Å². The van der Waals surface area contributed by atoms with Crippen LogP contribution in [0.2, 0.25) is 0 Å². The lowest BCUT2D eigenvalue weighted by molar-refractivity contribution is -0.889. The van der Waals surface area contributed by atoms with Gasteiger partial charge in [-0.15, -0.1) is 0 Å². The Morgan fingerprint density at radius 2 is 1.92 bits per heavy atom. The maximum absolute atomic E-state index is 12.2. The van der Waals surface area contributed by atoms with Crippen LogP contribution in [0, 0.1) is 0 Å². The summed E-state index contributed by atoms with van der Waals surface area (Å²) < 4.78 is 58.3. The van der Waals surface area contributed by atoms with E-state index in [-0.39, 0.29) is 6.42 Å². The molecule has 0 unspecified atom stereocenters. The Morgan fingerprint density at radius 3 is 2.42 bits per heavy atom. The lowest BCUT2D eigenvalue weighted by Gasteiger charge is -2.34. The first-order chi connectivity index (χ1) is 10.7. The standard InChI is InChI=1S/C14H28N2O6S2/c1-5-6-8-16(3,4)9-7-13(17)15-14(2)11-23(18,19)10-12(14)24(20,21)22/h12H,5-11H2,1-4H3,(H-,15,17,20,21,22)/t12-,14-/m0/s1. The second kappa shape index (κ2) is 7.27. The van der Waals surface area contributed by atoms with Gasteiger partial charge >= 0.3 is 0 Å². The summed E-state index contributed by atoms with van der Waals surface area (Å²) in [4.78, 5) is 12.2. The van der Waals surface area contributed by atoms with Gasteiger partial charge in [0.2, 0.25) is 5.91 Å². The summed E-state index contributed by atoms with van der Waals surface area (Å²) >= 11 is 0. The Labute approximate surface area is 144 Å². The third-order valence-electron chi connectivity index (χ3n) is 4.47. The third kappa shape index (κ3) is 5.98. The van der Waals surface area contributed by atoms with E-state index in [1.165, 1.54) is 6.92 Å². The number of amides is 1. The molecule has 0 aliphatic carbocycles. The minimum Gasteiger partial charge on any atom is -0.748 e. The summed E-state index contributed by atoms with van der Waals surface area (Å²) in [5, 5.41) is 0.838. The number of carbonyl (C=O) groups excluding carboxylic acids is 1. The molecule has 0 spiro atoms. The number of nitrogens with zero attached hydrogens (tertiary/aromatic N) is 1.